The van der Waals surface area contributed by atoms with Gasteiger partial charge in [-0.05, 0) is 42.8 Å². The van der Waals surface area contributed by atoms with Gasteiger partial charge in [0.15, 0.2) is 0 Å². The minimum absolute atomic E-state index is 0.690. The van der Waals surface area contributed by atoms with Crippen LogP contribution in [0.4, 0.5) is 5.69 Å². The molecule has 3 heteroatoms. The summed E-state index contributed by atoms with van der Waals surface area (Å²) in [4.78, 5) is 2.14. The first-order valence-electron chi connectivity index (χ1n) is 6.26. The molecule has 0 atom stereocenters. The highest BCUT2D eigenvalue weighted by Crippen LogP contribution is 2.14. The SMILES string of the molecule is C=C(CNCCC)CN(C)c1ccc(C#N)cc1. The van der Waals surface area contributed by atoms with Crippen molar-refractivity contribution in [2.45, 2.75) is 13.3 Å². The van der Waals surface area contributed by atoms with Gasteiger partial charge in [-0.2, -0.15) is 5.26 Å². The Morgan fingerprint density at radius 2 is 2.06 bits per heavy atom. The van der Waals surface area contributed by atoms with E-state index >= 15 is 0 Å². The van der Waals surface area contributed by atoms with Crippen molar-refractivity contribution in [3.8, 4) is 6.07 Å². The van der Waals surface area contributed by atoms with Gasteiger partial charge in [0, 0.05) is 25.8 Å². The van der Waals surface area contributed by atoms with Gasteiger partial charge in [0.25, 0.3) is 0 Å². The zero-order valence-electron chi connectivity index (χ0n) is 11.2. The topological polar surface area (TPSA) is 39.1 Å². The lowest BCUT2D eigenvalue weighted by atomic mass is 10.2. The number of nitrogens with one attached hydrogen (secondary N) is 1. The quantitative estimate of drug-likeness (QED) is 0.591. The van der Waals surface area contributed by atoms with Gasteiger partial charge in [-0.1, -0.05) is 13.5 Å². The molecular weight excluding hydrogens is 222 g/mol. The third-order valence-electron chi connectivity index (χ3n) is 2.70. The van der Waals surface area contributed by atoms with Crippen LogP contribution < -0.4 is 10.2 Å². The standard InChI is InChI=1S/C15H21N3/c1-4-9-17-11-13(2)12-18(3)15-7-5-14(10-16)6-8-15/h5-8,17H,2,4,9,11-12H2,1,3H3. The van der Waals surface area contributed by atoms with E-state index in [9.17, 15) is 0 Å². The van der Waals surface area contributed by atoms with E-state index in [2.05, 4.69) is 29.8 Å². The molecule has 0 aliphatic heterocycles. The molecule has 0 aliphatic carbocycles. The Balaban J connectivity index is 2.46. The predicted molar refractivity (Wildman–Crippen MR) is 76.7 cm³/mol. The zero-order chi connectivity index (χ0) is 13.4. The van der Waals surface area contributed by atoms with Crippen LogP contribution >= 0.6 is 0 Å². The minimum Gasteiger partial charge on any atom is -0.371 e. The number of anilines is 1. The summed E-state index contributed by atoms with van der Waals surface area (Å²) >= 11 is 0. The first-order chi connectivity index (χ1) is 8.67. The smallest absolute Gasteiger partial charge is 0.0991 e. The first-order valence-corrected chi connectivity index (χ1v) is 6.26. The van der Waals surface area contributed by atoms with Gasteiger partial charge in [0.1, 0.15) is 0 Å². The third kappa shape index (κ3) is 4.60. The molecule has 1 aromatic carbocycles. The normalized spacial score (nSPS) is 9.83. The monoisotopic (exact) mass is 243 g/mol. The summed E-state index contributed by atoms with van der Waals surface area (Å²) in [5.41, 5.74) is 2.96. The number of likely N-dealkylation sites (N-methyl/N-ethyl adjacent to an activating group) is 1. The molecule has 1 aromatic rings. The highest BCUT2D eigenvalue weighted by Gasteiger charge is 2.03. The van der Waals surface area contributed by atoms with Crippen molar-refractivity contribution in [3.05, 3.63) is 42.0 Å². The van der Waals surface area contributed by atoms with E-state index in [1.807, 2.05) is 31.3 Å². The fourth-order valence-corrected chi connectivity index (χ4v) is 1.71. The van der Waals surface area contributed by atoms with Crippen molar-refractivity contribution < 1.29 is 0 Å². The average molecular weight is 243 g/mol. The van der Waals surface area contributed by atoms with Crippen molar-refractivity contribution in [3.63, 3.8) is 0 Å². The van der Waals surface area contributed by atoms with Crippen molar-refractivity contribution in [2.24, 2.45) is 0 Å². The van der Waals surface area contributed by atoms with Crippen molar-refractivity contribution in [2.75, 3.05) is 31.6 Å². The Labute approximate surface area is 110 Å². The van der Waals surface area contributed by atoms with Crippen molar-refractivity contribution in [1.29, 1.82) is 5.26 Å². The van der Waals surface area contributed by atoms with Crippen LogP contribution in [0.1, 0.15) is 18.9 Å². The molecule has 1 rings (SSSR count). The number of nitriles is 1. The first kappa shape index (κ1) is 14.3. The Kier molecular flexibility index (Phi) is 5.96. The minimum atomic E-state index is 0.690. The molecule has 0 amide bonds. The van der Waals surface area contributed by atoms with Crippen molar-refractivity contribution in [1.82, 2.24) is 5.32 Å². The second kappa shape index (κ2) is 7.52. The summed E-state index contributed by atoms with van der Waals surface area (Å²) in [5, 5.41) is 12.1. The molecular formula is C15H21N3. The third-order valence-corrected chi connectivity index (χ3v) is 2.70. The Morgan fingerprint density at radius 1 is 1.39 bits per heavy atom. The molecule has 0 spiro atoms. The lowest BCUT2D eigenvalue weighted by Gasteiger charge is -2.21. The fraction of sp³-hybridized carbons (Fsp3) is 0.400. The summed E-state index contributed by atoms with van der Waals surface area (Å²) in [7, 11) is 2.03. The number of nitrogens with zero attached hydrogens (tertiary/aromatic N) is 2. The molecule has 0 radical (unpaired) electrons. The summed E-state index contributed by atoms with van der Waals surface area (Å²) in [6, 6.07) is 9.72. The van der Waals surface area contributed by atoms with Crippen LogP contribution in [0.3, 0.4) is 0 Å². The molecule has 0 bridgehead atoms. The molecule has 0 heterocycles. The lowest BCUT2D eigenvalue weighted by Crippen LogP contribution is -2.26. The molecule has 0 saturated heterocycles. The molecule has 3 nitrogen and oxygen atoms in total. The van der Waals surface area contributed by atoms with Gasteiger partial charge in [-0.25, -0.2) is 0 Å². The number of hydrogen-bond acceptors (Lipinski definition) is 3. The summed E-state index contributed by atoms with van der Waals surface area (Å²) in [6.45, 7) is 8.93. The van der Waals surface area contributed by atoms with E-state index < -0.39 is 0 Å². The summed E-state index contributed by atoms with van der Waals surface area (Å²) in [6.07, 6.45) is 1.14. The maximum atomic E-state index is 8.75. The summed E-state index contributed by atoms with van der Waals surface area (Å²) < 4.78 is 0. The number of benzene rings is 1. The maximum Gasteiger partial charge on any atom is 0.0991 e. The molecule has 0 fully saturated rings. The average Bonchev–Trinajstić information content (AvgIpc) is 2.39. The second-order valence-electron chi connectivity index (χ2n) is 4.44. The molecule has 0 aromatic heterocycles. The van der Waals surface area contributed by atoms with Crippen LogP contribution in [0.25, 0.3) is 0 Å². The van der Waals surface area contributed by atoms with Crippen LogP contribution in [-0.2, 0) is 0 Å². The van der Waals surface area contributed by atoms with E-state index in [4.69, 9.17) is 5.26 Å². The van der Waals surface area contributed by atoms with E-state index in [0.29, 0.717) is 5.56 Å². The largest absolute Gasteiger partial charge is 0.371 e. The maximum absolute atomic E-state index is 8.75. The van der Waals surface area contributed by atoms with Crippen LogP contribution in [0, 0.1) is 11.3 Å². The van der Waals surface area contributed by atoms with E-state index in [1.165, 1.54) is 0 Å². The molecule has 0 aliphatic rings. The van der Waals surface area contributed by atoms with Gasteiger partial charge in [-0.3, -0.25) is 0 Å². The Bertz CT molecular complexity index is 414. The van der Waals surface area contributed by atoms with Gasteiger partial charge < -0.3 is 10.2 Å². The van der Waals surface area contributed by atoms with E-state index in [1.54, 1.807) is 0 Å². The van der Waals surface area contributed by atoms with Crippen LogP contribution in [0.15, 0.2) is 36.4 Å². The van der Waals surface area contributed by atoms with Crippen LogP contribution in [-0.4, -0.2) is 26.7 Å². The Morgan fingerprint density at radius 3 is 2.61 bits per heavy atom. The highest BCUT2D eigenvalue weighted by molar-refractivity contribution is 5.49. The van der Waals surface area contributed by atoms with Crippen molar-refractivity contribution >= 4 is 5.69 Å². The van der Waals surface area contributed by atoms with Crippen LogP contribution in [0.5, 0.6) is 0 Å². The fourth-order valence-electron chi connectivity index (χ4n) is 1.71. The lowest BCUT2D eigenvalue weighted by molar-refractivity contribution is 0.705. The molecule has 1 N–H and O–H groups in total. The molecule has 96 valence electrons. The van der Waals surface area contributed by atoms with Gasteiger partial charge in [0.2, 0.25) is 0 Å². The van der Waals surface area contributed by atoms with Gasteiger partial charge in [0.05, 0.1) is 11.6 Å². The zero-order valence-corrected chi connectivity index (χ0v) is 11.2. The predicted octanol–water partition coefficient (Wildman–Crippen LogP) is 2.55. The molecule has 18 heavy (non-hydrogen) atoms. The highest BCUT2D eigenvalue weighted by atomic mass is 15.1. The van der Waals surface area contributed by atoms with Crippen LogP contribution in [0.2, 0.25) is 0 Å². The second-order valence-corrected chi connectivity index (χ2v) is 4.44. The molecule has 0 saturated carbocycles. The number of rotatable bonds is 7. The van der Waals surface area contributed by atoms with Gasteiger partial charge >= 0.3 is 0 Å². The molecule has 0 unspecified atom stereocenters. The Hall–Kier alpha value is -1.79. The number of hydrogen-bond donors (Lipinski definition) is 1. The van der Waals surface area contributed by atoms with Gasteiger partial charge in [-0.15, -0.1) is 0 Å². The van der Waals surface area contributed by atoms with E-state index in [-0.39, 0.29) is 0 Å². The summed E-state index contributed by atoms with van der Waals surface area (Å²) in [5.74, 6) is 0. The van der Waals surface area contributed by atoms with E-state index in [0.717, 1.165) is 37.3 Å².